The summed E-state index contributed by atoms with van der Waals surface area (Å²) < 4.78 is 1.54. The van der Waals surface area contributed by atoms with E-state index >= 15 is 0 Å². The van der Waals surface area contributed by atoms with Gasteiger partial charge in [0, 0.05) is 23.8 Å². The summed E-state index contributed by atoms with van der Waals surface area (Å²) in [4.78, 5) is 40.9. The van der Waals surface area contributed by atoms with E-state index in [9.17, 15) is 14.4 Å². The second-order valence-electron chi connectivity index (χ2n) is 9.91. The maximum absolute atomic E-state index is 13.4. The Morgan fingerprint density at radius 2 is 1.71 bits per heavy atom. The van der Waals surface area contributed by atoms with Gasteiger partial charge < -0.3 is 15.5 Å². The molecule has 3 amide bonds. The van der Waals surface area contributed by atoms with Crippen LogP contribution in [-0.2, 0) is 16.1 Å². The Morgan fingerprint density at radius 3 is 2.50 bits per heavy atom. The van der Waals surface area contributed by atoms with Crippen LogP contribution in [0.5, 0.6) is 0 Å². The van der Waals surface area contributed by atoms with E-state index in [2.05, 4.69) is 15.7 Å². The molecule has 1 aromatic carbocycles. The molecule has 5 rings (SSSR count). The van der Waals surface area contributed by atoms with E-state index in [1.54, 1.807) is 17.1 Å². The first-order chi connectivity index (χ1) is 16.6. The predicted molar refractivity (Wildman–Crippen MR) is 128 cm³/mol. The van der Waals surface area contributed by atoms with Crippen molar-refractivity contribution >= 4 is 23.4 Å². The fraction of sp³-hybridized carbons (Fsp3) is 0.538. The minimum atomic E-state index is -0.505. The molecule has 2 aromatic rings. The van der Waals surface area contributed by atoms with E-state index in [1.165, 1.54) is 0 Å². The van der Waals surface area contributed by atoms with Crippen LogP contribution in [0, 0.1) is 5.92 Å². The van der Waals surface area contributed by atoms with Crippen molar-refractivity contribution in [3.05, 3.63) is 48.3 Å². The molecule has 3 aliphatic rings. The number of nitrogens with one attached hydrogen (secondary N) is 2. The zero-order valence-corrected chi connectivity index (χ0v) is 19.5. The molecule has 0 spiro atoms. The van der Waals surface area contributed by atoms with E-state index in [1.807, 2.05) is 35.2 Å². The highest BCUT2D eigenvalue weighted by Crippen LogP contribution is 2.40. The van der Waals surface area contributed by atoms with Gasteiger partial charge in [-0.25, -0.2) is 0 Å². The lowest BCUT2D eigenvalue weighted by molar-refractivity contribution is -0.122. The smallest absolute Gasteiger partial charge is 0.254 e. The number of hydrogen-bond donors (Lipinski definition) is 2. The van der Waals surface area contributed by atoms with E-state index < -0.39 is 6.04 Å². The third kappa shape index (κ3) is 4.86. The Labute approximate surface area is 200 Å². The first-order valence-corrected chi connectivity index (χ1v) is 12.6. The van der Waals surface area contributed by atoms with Crippen molar-refractivity contribution in [2.45, 2.75) is 82.5 Å². The Kier molecular flexibility index (Phi) is 6.65. The first-order valence-electron chi connectivity index (χ1n) is 12.6. The number of aromatic nitrogens is 2. The summed E-state index contributed by atoms with van der Waals surface area (Å²) in [6.45, 7) is 0.124. The number of carbonyl (C=O) groups excluding carboxylic acids is 3. The maximum Gasteiger partial charge on any atom is 0.254 e. The lowest BCUT2D eigenvalue weighted by Crippen LogP contribution is -2.47. The number of likely N-dealkylation sites (tertiary alicyclic amines) is 1. The van der Waals surface area contributed by atoms with E-state index in [0.717, 1.165) is 51.4 Å². The highest BCUT2D eigenvalue weighted by Gasteiger charge is 2.47. The molecule has 8 nitrogen and oxygen atoms in total. The van der Waals surface area contributed by atoms with Crippen LogP contribution >= 0.6 is 0 Å². The van der Waals surface area contributed by atoms with Crippen molar-refractivity contribution in [1.29, 1.82) is 0 Å². The van der Waals surface area contributed by atoms with Gasteiger partial charge in [-0.3, -0.25) is 19.1 Å². The Hall–Kier alpha value is -3.16. The lowest BCUT2D eigenvalue weighted by atomic mass is 9.84. The van der Waals surface area contributed by atoms with Crippen LogP contribution in [0.15, 0.2) is 42.7 Å². The molecule has 2 aliphatic carbocycles. The molecular formula is C26H33N5O3. The van der Waals surface area contributed by atoms with Gasteiger partial charge >= 0.3 is 0 Å². The van der Waals surface area contributed by atoms with Crippen molar-refractivity contribution in [1.82, 2.24) is 20.0 Å². The quantitative estimate of drug-likeness (QED) is 0.687. The molecular weight excluding hydrogens is 430 g/mol. The normalized spacial score (nSPS) is 24.6. The van der Waals surface area contributed by atoms with E-state index in [4.69, 9.17) is 0 Å². The fourth-order valence-corrected chi connectivity index (χ4v) is 5.95. The van der Waals surface area contributed by atoms with Crippen LogP contribution in [0.25, 0.3) is 0 Å². The largest absolute Gasteiger partial charge is 0.352 e. The number of anilines is 1. The molecule has 1 saturated heterocycles. The Bertz CT molecular complexity index is 1030. The van der Waals surface area contributed by atoms with Gasteiger partial charge in [0.1, 0.15) is 12.6 Å². The predicted octanol–water partition coefficient (Wildman–Crippen LogP) is 3.35. The van der Waals surface area contributed by atoms with E-state index in [-0.39, 0.29) is 36.3 Å². The van der Waals surface area contributed by atoms with Crippen molar-refractivity contribution in [3.63, 3.8) is 0 Å². The summed E-state index contributed by atoms with van der Waals surface area (Å²) in [7, 11) is 0. The summed E-state index contributed by atoms with van der Waals surface area (Å²) in [5, 5.41) is 10.2. The molecule has 2 heterocycles. The third-order valence-electron chi connectivity index (χ3n) is 7.57. The van der Waals surface area contributed by atoms with Crippen LogP contribution < -0.4 is 10.6 Å². The van der Waals surface area contributed by atoms with Crippen molar-refractivity contribution in [2.75, 3.05) is 5.32 Å². The molecule has 1 aromatic heterocycles. The SMILES string of the molecule is O=C(Cn1cc(NC(=O)C2CC3CCCCC3N2C(=O)c2ccccc2)cn1)NC1CCCC1. The average Bonchev–Trinajstić information content (AvgIpc) is 3.59. The second-order valence-corrected chi connectivity index (χ2v) is 9.91. The number of benzene rings is 1. The zero-order chi connectivity index (χ0) is 23.5. The molecule has 34 heavy (non-hydrogen) atoms. The number of carbonyl (C=O) groups is 3. The van der Waals surface area contributed by atoms with Gasteiger partial charge in [-0.2, -0.15) is 5.10 Å². The molecule has 3 fully saturated rings. The van der Waals surface area contributed by atoms with E-state index in [0.29, 0.717) is 23.6 Å². The van der Waals surface area contributed by atoms with Crippen molar-refractivity contribution in [2.24, 2.45) is 5.92 Å². The Balaban J connectivity index is 1.25. The molecule has 8 heteroatoms. The van der Waals surface area contributed by atoms with Crippen molar-refractivity contribution in [3.8, 4) is 0 Å². The lowest BCUT2D eigenvalue weighted by Gasteiger charge is -2.33. The highest BCUT2D eigenvalue weighted by atomic mass is 16.2. The Morgan fingerprint density at radius 1 is 0.971 bits per heavy atom. The molecule has 2 N–H and O–H groups in total. The summed E-state index contributed by atoms with van der Waals surface area (Å²) in [6, 6.07) is 9.10. The summed E-state index contributed by atoms with van der Waals surface area (Å²) >= 11 is 0. The third-order valence-corrected chi connectivity index (χ3v) is 7.57. The van der Waals surface area contributed by atoms with Crippen LogP contribution in [0.1, 0.15) is 68.1 Å². The molecule has 3 unspecified atom stereocenters. The van der Waals surface area contributed by atoms with Gasteiger partial charge in [-0.1, -0.05) is 43.9 Å². The number of fused-ring (bicyclic) bond motifs is 1. The number of rotatable bonds is 6. The summed E-state index contributed by atoms with van der Waals surface area (Å²) in [5.41, 5.74) is 1.16. The minimum absolute atomic E-state index is 0.0626. The molecule has 0 bridgehead atoms. The highest BCUT2D eigenvalue weighted by molar-refractivity contribution is 6.01. The minimum Gasteiger partial charge on any atom is -0.352 e. The van der Waals surface area contributed by atoms with Crippen LogP contribution in [0.2, 0.25) is 0 Å². The van der Waals surface area contributed by atoms with Crippen LogP contribution in [-0.4, -0.2) is 50.5 Å². The second kappa shape index (κ2) is 9.99. The summed E-state index contributed by atoms with van der Waals surface area (Å²) in [6.07, 6.45) is 12.6. The molecule has 1 aliphatic heterocycles. The zero-order valence-electron chi connectivity index (χ0n) is 19.5. The molecule has 2 saturated carbocycles. The first kappa shape index (κ1) is 22.6. The number of hydrogen-bond acceptors (Lipinski definition) is 4. The monoisotopic (exact) mass is 463 g/mol. The number of amides is 3. The molecule has 3 atom stereocenters. The standard InChI is InChI=1S/C26H33N5O3/c32-24(28-20-11-5-6-12-20)17-30-16-21(15-27-30)29-25(33)23-14-19-10-4-7-13-22(19)31(23)26(34)18-8-2-1-3-9-18/h1-3,8-9,15-16,19-20,22-23H,4-7,10-14,17H2,(H,28,32)(H,29,33). The van der Waals surface area contributed by atoms with Gasteiger partial charge in [0.25, 0.3) is 5.91 Å². The van der Waals surface area contributed by atoms with Gasteiger partial charge in [0.15, 0.2) is 0 Å². The number of nitrogens with zero attached hydrogens (tertiary/aromatic N) is 3. The van der Waals surface area contributed by atoms with Gasteiger partial charge in [0.05, 0.1) is 11.9 Å². The maximum atomic E-state index is 13.4. The molecule has 180 valence electrons. The average molecular weight is 464 g/mol. The van der Waals surface area contributed by atoms with Gasteiger partial charge in [-0.15, -0.1) is 0 Å². The van der Waals surface area contributed by atoms with Crippen molar-refractivity contribution < 1.29 is 14.4 Å². The van der Waals surface area contributed by atoms with Gasteiger partial charge in [-0.05, 0) is 50.2 Å². The van der Waals surface area contributed by atoms with Crippen LogP contribution in [0.4, 0.5) is 5.69 Å². The molecule has 0 radical (unpaired) electrons. The van der Waals surface area contributed by atoms with Gasteiger partial charge in [0.2, 0.25) is 11.8 Å². The van der Waals surface area contributed by atoms with Crippen LogP contribution in [0.3, 0.4) is 0 Å². The summed E-state index contributed by atoms with van der Waals surface area (Å²) in [5.74, 6) is 0.0367. The fourth-order valence-electron chi connectivity index (χ4n) is 5.95. The topological polar surface area (TPSA) is 96.3 Å².